The third-order valence-electron chi connectivity index (χ3n) is 3.25. The minimum atomic E-state index is -0.443. The smallest absolute Gasteiger partial charge is 0.292 e. The zero-order valence-electron chi connectivity index (χ0n) is 10.3. The van der Waals surface area contributed by atoms with Gasteiger partial charge in [-0.15, -0.1) is 0 Å². The molecule has 2 rings (SSSR count). The van der Waals surface area contributed by atoms with Crippen LogP contribution in [0.3, 0.4) is 0 Å². The fourth-order valence-electron chi connectivity index (χ4n) is 2.11. The standard InChI is InChI=1S/C12H17N3O3/c1-9-8-18-6-5-14(9)7-10-3-2-4-11(12(10)13)15(16)17/h2-4,9H,5-8,13H2,1H3. The third-order valence-corrected chi connectivity index (χ3v) is 3.25. The molecule has 0 aliphatic carbocycles. The van der Waals surface area contributed by atoms with Gasteiger partial charge in [0.2, 0.25) is 0 Å². The van der Waals surface area contributed by atoms with Crippen LogP contribution in [0.1, 0.15) is 12.5 Å². The Kier molecular flexibility index (Phi) is 3.78. The molecule has 0 radical (unpaired) electrons. The average molecular weight is 251 g/mol. The SMILES string of the molecule is CC1COCCN1Cc1cccc([N+](=O)[O-])c1N. The maximum absolute atomic E-state index is 10.8. The van der Waals surface area contributed by atoms with Crippen molar-refractivity contribution in [3.63, 3.8) is 0 Å². The van der Waals surface area contributed by atoms with E-state index in [4.69, 9.17) is 10.5 Å². The molecule has 98 valence electrons. The Bertz CT molecular complexity index is 450. The van der Waals surface area contributed by atoms with Crippen LogP contribution in [0.2, 0.25) is 0 Å². The minimum absolute atomic E-state index is 0.0200. The van der Waals surface area contributed by atoms with Crippen molar-refractivity contribution in [3.05, 3.63) is 33.9 Å². The summed E-state index contributed by atoms with van der Waals surface area (Å²) in [7, 11) is 0. The number of nitrogens with zero attached hydrogens (tertiary/aromatic N) is 2. The molecule has 1 aromatic carbocycles. The van der Waals surface area contributed by atoms with Crippen LogP contribution < -0.4 is 5.73 Å². The summed E-state index contributed by atoms with van der Waals surface area (Å²) in [5, 5.41) is 10.8. The number of ether oxygens (including phenoxy) is 1. The van der Waals surface area contributed by atoms with Gasteiger partial charge >= 0.3 is 0 Å². The Labute approximate surface area is 105 Å². The summed E-state index contributed by atoms with van der Waals surface area (Å²) in [6.07, 6.45) is 0. The van der Waals surface area contributed by atoms with Gasteiger partial charge in [-0.2, -0.15) is 0 Å². The highest BCUT2D eigenvalue weighted by Gasteiger charge is 2.21. The maximum Gasteiger partial charge on any atom is 0.292 e. The number of anilines is 1. The highest BCUT2D eigenvalue weighted by atomic mass is 16.6. The van der Waals surface area contributed by atoms with Crippen LogP contribution in [0, 0.1) is 10.1 Å². The first-order valence-corrected chi connectivity index (χ1v) is 5.93. The number of nitrogen functional groups attached to an aromatic ring is 1. The Balaban J connectivity index is 2.18. The number of para-hydroxylation sites is 1. The fraction of sp³-hybridized carbons (Fsp3) is 0.500. The largest absolute Gasteiger partial charge is 0.393 e. The lowest BCUT2D eigenvalue weighted by Crippen LogP contribution is -2.43. The van der Waals surface area contributed by atoms with E-state index in [0.717, 1.165) is 12.1 Å². The average Bonchev–Trinajstić information content (AvgIpc) is 2.34. The number of hydrogen-bond acceptors (Lipinski definition) is 5. The number of hydrogen-bond donors (Lipinski definition) is 1. The molecule has 1 fully saturated rings. The summed E-state index contributed by atoms with van der Waals surface area (Å²) in [6.45, 7) is 4.90. The molecule has 1 atom stereocenters. The number of nitrogens with two attached hydrogens (primary N) is 1. The van der Waals surface area contributed by atoms with Gasteiger partial charge in [-0.1, -0.05) is 12.1 Å². The van der Waals surface area contributed by atoms with E-state index in [0.29, 0.717) is 25.8 Å². The van der Waals surface area contributed by atoms with E-state index in [9.17, 15) is 10.1 Å². The molecule has 1 aliphatic rings. The highest BCUT2D eigenvalue weighted by molar-refractivity contribution is 5.62. The molecule has 1 saturated heterocycles. The number of morpholine rings is 1. The number of nitro benzene ring substituents is 1. The molecule has 1 aromatic rings. The summed E-state index contributed by atoms with van der Waals surface area (Å²) in [4.78, 5) is 12.6. The molecule has 2 N–H and O–H groups in total. The van der Waals surface area contributed by atoms with E-state index < -0.39 is 4.92 Å². The van der Waals surface area contributed by atoms with Crippen LogP contribution in [-0.2, 0) is 11.3 Å². The second-order valence-electron chi connectivity index (χ2n) is 4.50. The van der Waals surface area contributed by atoms with Gasteiger partial charge < -0.3 is 10.5 Å². The van der Waals surface area contributed by atoms with Crippen LogP contribution in [0.25, 0.3) is 0 Å². The molecule has 0 amide bonds. The monoisotopic (exact) mass is 251 g/mol. The van der Waals surface area contributed by atoms with Crippen LogP contribution >= 0.6 is 0 Å². The second-order valence-corrected chi connectivity index (χ2v) is 4.50. The van der Waals surface area contributed by atoms with Crippen LogP contribution in [0.15, 0.2) is 18.2 Å². The quantitative estimate of drug-likeness (QED) is 0.499. The molecule has 6 heteroatoms. The lowest BCUT2D eigenvalue weighted by Gasteiger charge is -2.33. The molecule has 1 unspecified atom stereocenters. The predicted molar refractivity (Wildman–Crippen MR) is 68.2 cm³/mol. The van der Waals surface area contributed by atoms with Crippen molar-refractivity contribution in [2.75, 3.05) is 25.5 Å². The second kappa shape index (κ2) is 5.32. The van der Waals surface area contributed by atoms with Gasteiger partial charge in [0.05, 0.1) is 18.1 Å². The van der Waals surface area contributed by atoms with Crippen molar-refractivity contribution in [2.24, 2.45) is 0 Å². The Hall–Kier alpha value is -1.66. The first-order valence-electron chi connectivity index (χ1n) is 5.93. The van der Waals surface area contributed by atoms with Crippen LogP contribution in [0.5, 0.6) is 0 Å². The lowest BCUT2D eigenvalue weighted by molar-refractivity contribution is -0.384. The molecular formula is C12H17N3O3. The van der Waals surface area contributed by atoms with Crippen molar-refractivity contribution >= 4 is 11.4 Å². The topological polar surface area (TPSA) is 81.6 Å². The minimum Gasteiger partial charge on any atom is -0.393 e. The highest BCUT2D eigenvalue weighted by Crippen LogP contribution is 2.26. The zero-order chi connectivity index (χ0) is 13.1. The molecule has 0 bridgehead atoms. The van der Waals surface area contributed by atoms with Gasteiger partial charge in [0, 0.05) is 25.2 Å². The first kappa shape index (κ1) is 12.8. The summed E-state index contributed by atoms with van der Waals surface area (Å²) in [6, 6.07) is 5.25. The molecular weight excluding hydrogens is 234 g/mol. The maximum atomic E-state index is 10.8. The van der Waals surface area contributed by atoms with Crippen molar-refractivity contribution in [1.82, 2.24) is 4.90 Å². The van der Waals surface area contributed by atoms with Crippen LogP contribution in [0.4, 0.5) is 11.4 Å². The van der Waals surface area contributed by atoms with E-state index in [2.05, 4.69) is 11.8 Å². The van der Waals surface area contributed by atoms with Gasteiger partial charge in [0.25, 0.3) is 5.69 Å². The zero-order valence-corrected chi connectivity index (χ0v) is 10.3. The summed E-state index contributed by atoms with van der Waals surface area (Å²) in [5.41, 5.74) is 6.90. The van der Waals surface area contributed by atoms with Gasteiger partial charge in [-0.05, 0) is 12.5 Å². The number of rotatable bonds is 3. The van der Waals surface area contributed by atoms with E-state index in [1.807, 2.05) is 6.07 Å². The summed E-state index contributed by atoms with van der Waals surface area (Å²) >= 11 is 0. The Morgan fingerprint density at radius 3 is 3.06 bits per heavy atom. The molecule has 6 nitrogen and oxygen atoms in total. The van der Waals surface area contributed by atoms with Crippen molar-refractivity contribution < 1.29 is 9.66 Å². The fourth-order valence-corrected chi connectivity index (χ4v) is 2.11. The summed E-state index contributed by atoms with van der Waals surface area (Å²) < 4.78 is 5.36. The third kappa shape index (κ3) is 2.60. The van der Waals surface area contributed by atoms with E-state index in [1.54, 1.807) is 6.07 Å². The van der Waals surface area contributed by atoms with E-state index >= 15 is 0 Å². The Morgan fingerprint density at radius 2 is 2.39 bits per heavy atom. The molecule has 0 aromatic heterocycles. The number of benzene rings is 1. The number of nitro groups is 1. The molecule has 0 saturated carbocycles. The van der Waals surface area contributed by atoms with E-state index in [-0.39, 0.29) is 11.4 Å². The van der Waals surface area contributed by atoms with E-state index in [1.165, 1.54) is 6.07 Å². The van der Waals surface area contributed by atoms with Gasteiger partial charge in [0.15, 0.2) is 0 Å². The lowest BCUT2D eigenvalue weighted by atomic mass is 10.1. The van der Waals surface area contributed by atoms with Gasteiger partial charge in [-0.3, -0.25) is 15.0 Å². The first-order chi connectivity index (χ1) is 8.59. The summed E-state index contributed by atoms with van der Waals surface area (Å²) in [5.74, 6) is 0. The van der Waals surface area contributed by atoms with Crippen molar-refractivity contribution in [2.45, 2.75) is 19.5 Å². The normalized spacial score (nSPS) is 20.8. The molecule has 18 heavy (non-hydrogen) atoms. The molecule has 1 aliphatic heterocycles. The predicted octanol–water partition coefficient (Wildman–Crippen LogP) is 1.40. The molecule has 1 heterocycles. The Morgan fingerprint density at radius 1 is 1.61 bits per heavy atom. The van der Waals surface area contributed by atoms with Crippen LogP contribution in [-0.4, -0.2) is 35.6 Å². The van der Waals surface area contributed by atoms with Gasteiger partial charge in [-0.25, -0.2) is 0 Å². The van der Waals surface area contributed by atoms with Crippen molar-refractivity contribution in [1.29, 1.82) is 0 Å². The molecule has 0 spiro atoms. The van der Waals surface area contributed by atoms with Crippen molar-refractivity contribution in [3.8, 4) is 0 Å². The van der Waals surface area contributed by atoms with Gasteiger partial charge in [0.1, 0.15) is 5.69 Å².